The van der Waals surface area contributed by atoms with Crippen LogP contribution >= 0.6 is 35.0 Å². The van der Waals surface area contributed by atoms with Gasteiger partial charge in [0.25, 0.3) is 5.91 Å². The van der Waals surface area contributed by atoms with Crippen LogP contribution in [0.1, 0.15) is 11.1 Å². The number of carbonyl (C=O) groups excluding carboxylic acids is 1. The number of para-hydroxylation sites is 1. The van der Waals surface area contributed by atoms with E-state index in [0.29, 0.717) is 38.8 Å². The second-order valence-corrected chi connectivity index (χ2v) is 8.90. The molecule has 4 nitrogen and oxygen atoms in total. The Morgan fingerprint density at radius 1 is 1.00 bits per heavy atom. The minimum Gasteiger partial charge on any atom is -0.493 e. The Bertz CT molecular complexity index is 1180. The maximum absolute atomic E-state index is 13.3. The predicted molar refractivity (Wildman–Crippen MR) is 135 cm³/mol. The molecular formula is C25H20Cl2N2O2S. The molecule has 0 N–H and O–H groups in total. The molecule has 3 aromatic rings. The van der Waals surface area contributed by atoms with Crippen molar-refractivity contribution >= 4 is 57.8 Å². The van der Waals surface area contributed by atoms with Gasteiger partial charge in [-0.2, -0.15) is 0 Å². The van der Waals surface area contributed by atoms with E-state index in [2.05, 4.69) is 4.99 Å². The lowest BCUT2D eigenvalue weighted by Gasteiger charge is -2.18. The van der Waals surface area contributed by atoms with Crippen LogP contribution in [0.2, 0.25) is 10.0 Å². The molecule has 4 rings (SSSR count). The highest BCUT2D eigenvalue weighted by molar-refractivity contribution is 8.14. The number of rotatable bonds is 6. The number of carbonyl (C=O) groups is 1. The summed E-state index contributed by atoms with van der Waals surface area (Å²) in [7, 11) is 0. The molecule has 32 heavy (non-hydrogen) atoms. The van der Waals surface area contributed by atoms with Crippen molar-refractivity contribution in [1.82, 2.24) is 0 Å². The molecule has 1 heterocycles. The van der Waals surface area contributed by atoms with Crippen molar-refractivity contribution in [3.05, 3.63) is 99.7 Å². The Hall–Kier alpha value is -2.73. The van der Waals surface area contributed by atoms with E-state index < -0.39 is 0 Å². The third-order valence-corrected chi connectivity index (χ3v) is 6.46. The van der Waals surface area contributed by atoms with Gasteiger partial charge >= 0.3 is 0 Å². The van der Waals surface area contributed by atoms with E-state index in [1.54, 1.807) is 29.2 Å². The second-order valence-electron chi connectivity index (χ2n) is 7.05. The summed E-state index contributed by atoms with van der Waals surface area (Å²) < 4.78 is 5.77. The first-order valence-electron chi connectivity index (χ1n) is 9.99. The largest absolute Gasteiger partial charge is 0.493 e. The third-order valence-electron chi connectivity index (χ3n) is 4.72. The molecule has 1 amide bonds. The van der Waals surface area contributed by atoms with Crippen molar-refractivity contribution in [1.29, 1.82) is 0 Å². The van der Waals surface area contributed by atoms with Crippen LogP contribution in [0.5, 0.6) is 5.75 Å². The smallest absolute Gasteiger partial charge is 0.283 e. The lowest BCUT2D eigenvalue weighted by Crippen LogP contribution is -2.30. The van der Waals surface area contributed by atoms with Gasteiger partial charge in [0.05, 0.1) is 22.3 Å². The van der Waals surface area contributed by atoms with Gasteiger partial charge in [-0.15, -0.1) is 0 Å². The number of thioether (sulfide) groups is 1. The van der Waals surface area contributed by atoms with Crippen molar-refractivity contribution in [2.45, 2.75) is 6.92 Å². The zero-order chi connectivity index (χ0) is 22.5. The van der Waals surface area contributed by atoms with E-state index in [9.17, 15) is 4.79 Å². The molecule has 1 aliphatic rings. The quantitative estimate of drug-likeness (QED) is 0.284. The number of amidine groups is 1. The average molecular weight is 483 g/mol. The Labute approximate surface area is 201 Å². The first kappa shape index (κ1) is 22.5. The van der Waals surface area contributed by atoms with Crippen molar-refractivity contribution in [3.63, 3.8) is 0 Å². The van der Waals surface area contributed by atoms with E-state index in [4.69, 9.17) is 27.9 Å². The van der Waals surface area contributed by atoms with E-state index in [0.717, 1.165) is 17.0 Å². The molecule has 0 aliphatic carbocycles. The fraction of sp³-hybridized carbons (Fsp3) is 0.120. The molecule has 0 saturated heterocycles. The number of aryl methyl sites for hydroxylation is 1. The molecule has 0 radical (unpaired) electrons. The molecular weight excluding hydrogens is 463 g/mol. The van der Waals surface area contributed by atoms with Gasteiger partial charge in [-0.1, -0.05) is 83.0 Å². The van der Waals surface area contributed by atoms with Crippen molar-refractivity contribution < 1.29 is 9.53 Å². The predicted octanol–water partition coefficient (Wildman–Crippen LogP) is 6.86. The molecule has 0 spiro atoms. The number of aliphatic imine (C=N–C) groups is 1. The molecule has 0 unspecified atom stereocenters. The van der Waals surface area contributed by atoms with Crippen LogP contribution in [0, 0.1) is 6.92 Å². The van der Waals surface area contributed by atoms with Gasteiger partial charge in [0.1, 0.15) is 11.4 Å². The van der Waals surface area contributed by atoms with Crippen LogP contribution in [0.25, 0.3) is 6.08 Å². The summed E-state index contributed by atoms with van der Waals surface area (Å²) in [5.41, 5.74) is 2.83. The van der Waals surface area contributed by atoms with Gasteiger partial charge in [-0.25, -0.2) is 4.99 Å². The number of nitrogens with zero attached hydrogens (tertiary/aromatic N) is 2. The molecule has 0 bridgehead atoms. The maximum atomic E-state index is 13.3. The van der Waals surface area contributed by atoms with E-state index in [-0.39, 0.29) is 5.91 Å². The van der Waals surface area contributed by atoms with Crippen LogP contribution < -0.4 is 9.64 Å². The molecule has 3 aromatic carbocycles. The summed E-state index contributed by atoms with van der Waals surface area (Å²) in [4.78, 5) is 19.5. The summed E-state index contributed by atoms with van der Waals surface area (Å²) in [6.45, 7) is 2.50. The van der Waals surface area contributed by atoms with E-state index in [1.165, 1.54) is 11.8 Å². The summed E-state index contributed by atoms with van der Waals surface area (Å²) in [5.74, 6) is 1.23. The van der Waals surface area contributed by atoms with Crippen LogP contribution in [0.15, 0.2) is 83.5 Å². The van der Waals surface area contributed by atoms with Gasteiger partial charge in [-0.3, -0.25) is 9.69 Å². The fourth-order valence-electron chi connectivity index (χ4n) is 3.10. The molecule has 162 valence electrons. The first-order valence-corrected chi connectivity index (χ1v) is 11.7. The molecule has 0 fully saturated rings. The fourth-order valence-corrected chi connectivity index (χ4v) is 4.30. The highest BCUT2D eigenvalue weighted by Crippen LogP contribution is 2.32. The zero-order valence-corrected chi connectivity index (χ0v) is 19.6. The van der Waals surface area contributed by atoms with Gasteiger partial charge in [0.15, 0.2) is 5.17 Å². The summed E-state index contributed by atoms with van der Waals surface area (Å²) in [6.07, 6.45) is 1.67. The molecule has 7 heteroatoms. The van der Waals surface area contributed by atoms with Gasteiger partial charge in [0.2, 0.25) is 0 Å². The second kappa shape index (κ2) is 10.3. The highest BCUT2D eigenvalue weighted by atomic mass is 35.5. The van der Waals surface area contributed by atoms with Crippen molar-refractivity contribution in [3.8, 4) is 5.75 Å². The summed E-state index contributed by atoms with van der Waals surface area (Å²) >= 11 is 13.9. The number of amides is 1. The Balaban J connectivity index is 1.57. The van der Waals surface area contributed by atoms with Crippen LogP contribution in [-0.2, 0) is 4.79 Å². The number of hydrogen-bond acceptors (Lipinski definition) is 4. The Kier molecular flexibility index (Phi) is 7.20. The van der Waals surface area contributed by atoms with Gasteiger partial charge in [-0.05, 0) is 48.9 Å². The Morgan fingerprint density at radius 2 is 1.75 bits per heavy atom. The summed E-state index contributed by atoms with van der Waals surface area (Å²) in [6, 6.07) is 22.7. The topological polar surface area (TPSA) is 41.9 Å². The molecule has 0 atom stereocenters. The van der Waals surface area contributed by atoms with Gasteiger partial charge < -0.3 is 4.74 Å². The number of ether oxygens (including phenoxy) is 1. The van der Waals surface area contributed by atoms with Crippen LogP contribution in [0.3, 0.4) is 0 Å². The van der Waals surface area contributed by atoms with Crippen molar-refractivity contribution in [2.24, 2.45) is 4.99 Å². The first-order chi connectivity index (χ1) is 15.5. The van der Waals surface area contributed by atoms with Gasteiger partial charge in [0, 0.05) is 5.75 Å². The minimum absolute atomic E-state index is 0.212. The lowest BCUT2D eigenvalue weighted by molar-refractivity contribution is -0.113. The standard InChI is InChI=1S/C25H20Cl2N2O2S/c1-17-10-12-19(13-11-17)29-24(30)22(16-18-6-5-9-21(26)23(18)27)28-25(29)32-15-14-31-20-7-3-2-4-8-20/h2-13,16H,14-15H2,1H3. The third kappa shape index (κ3) is 5.18. The molecule has 0 saturated carbocycles. The average Bonchev–Trinajstić information content (AvgIpc) is 3.11. The number of anilines is 1. The lowest BCUT2D eigenvalue weighted by atomic mass is 10.2. The minimum atomic E-state index is -0.212. The maximum Gasteiger partial charge on any atom is 0.283 e. The normalized spacial score (nSPS) is 14.7. The highest BCUT2D eigenvalue weighted by Gasteiger charge is 2.32. The number of benzene rings is 3. The zero-order valence-electron chi connectivity index (χ0n) is 17.3. The van der Waals surface area contributed by atoms with E-state index in [1.807, 2.05) is 61.5 Å². The number of halogens is 2. The molecule has 1 aliphatic heterocycles. The molecule has 0 aromatic heterocycles. The van der Waals surface area contributed by atoms with Crippen LogP contribution in [0.4, 0.5) is 5.69 Å². The van der Waals surface area contributed by atoms with E-state index >= 15 is 0 Å². The Morgan fingerprint density at radius 3 is 2.50 bits per heavy atom. The number of hydrogen-bond donors (Lipinski definition) is 0. The van der Waals surface area contributed by atoms with Crippen LogP contribution in [-0.4, -0.2) is 23.4 Å². The SMILES string of the molecule is Cc1ccc(N2C(=O)C(=Cc3cccc(Cl)c3Cl)N=C2SCCOc2ccccc2)cc1. The summed E-state index contributed by atoms with van der Waals surface area (Å²) in [5, 5.41) is 1.42. The van der Waals surface area contributed by atoms with Crippen molar-refractivity contribution in [2.75, 3.05) is 17.3 Å². The monoisotopic (exact) mass is 482 g/mol.